The van der Waals surface area contributed by atoms with Gasteiger partial charge in [-0.2, -0.15) is 0 Å². The highest BCUT2D eigenvalue weighted by atomic mass is 32.2. The monoisotopic (exact) mass is 484 g/mol. The summed E-state index contributed by atoms with van der Waals surface area (Å²) in [4.78, 5) is 12.5. The molecule has 8 nitrogen and oxygen atoms in total. The molecule has 3 aromatic rings. The number of ether oxygens (including phenoxy) is 3. The second kappa shape index (κ2) is 11.9. The maximum atomic E-state index is 12.8. The van der Waals surface area contributed by atoms with Crippen molar-refractivity contribution in [2.75, 3.05) is 31.1 Å². The van der Waals surface area contributed by atoms with E-state index in [1.165, 1.54) is 18.2 Å². The number of rotatable bonds is 12. The third-order valence-electron chi connectivity index (χ3n) is 4.62. The van der Waals surface area contributed by atoms with E-state index in [0.29, 0.717) is 30.4 Å². The van der Waals surface area contributed by atoms with Gasteiger partial charge in [-0.3, -0.25) is 9.52 Å². The Morgan fingerprint density at radius 1 is 0.794 bits per heavy atom. The molecule has 0 aliphatic rings. The first-order valence-electron chi connectivity index (χ1n) is 10.9. The van der Waals surface area contributed by atoms with Crippen molar-refractivity contribution in [2.45, 2.75) is 18.7 Å². The molecule has 0 fully saturated rings. The molecular weight excluding hydrogens is 456 g/mol. The third kappa shape index (κ3) is 7.14. The van der Waals surface area contributed by atoms with Crippen molar-refractivity contribution in [1.29, 1.82) is 0 Å². The SMILES string of the molecule is CCOc1ccc(NS(=O)(=O)c2cccc(C(=O)NCCOc3ccc(OCC)cc3)c2)cc1. The molecule has 0 bridgehead atoms. The van der Waals surface area contributed by atoms with Gasteiger partial charge in [0.2, 0.25) is 0 Å². The Labute approximate surface area is 199 Å². The lowest BCUT2D eigenvalue weighted by atomic mass is 10.2. The Balaban J connectivity index is 1.54. The average Bonchev–Trinajstić information content (AvgIpc) is 2.84. The molecule has 0 aliphatic carbocycles. The molecule has 0 saturated carbocycles. The number of sulfonamides is 1. The van der Waals surface area contributed by atoms with Crippen LogP contribution in [0.5, 0.6) is 17.2 Å². The quantitative estimate of drug-likeness (QED) is 0.375. The highest BCUT2D eigenvalue weighted by molar-refractivity contribution is 7.92. The predicted octanol–water partition coefficient (Wildman–Crippen LogP) is 4.09. The minimum Gasteiger partial charge on any atom is -0.494 e. The molecule has 0 spiro atoms. The van der Waals surface area contributed by atoms with E-state index in [1.54, 1.807) is 42.5 Å². The average molecular weight is 485 g/mol. The summed E-state index contributed by atoms with van der Waals surface area (Å²) in [7, 11) is -3.87. The first-order chi connectivity index (χ1) is 16.4. The Kier molecular flexibility index (Phi) is 8.75. The molecule has 34 heavy (non-hydrogen) atoms. The van der Waals surface area contributed by atoms with Crippen molar-refractivity contribution in [1.82, 2.24) is 5.32 Å². The molecule has 0 radical (unpaired) electrons. The van der Waals surface area contributed by atoms with Crippen LogP contribution in [-0.2, 0) is 10.0 Å². The topological polar surface area (TPSA) is 103 Å². The molecule has 0 heterocycles. The van der Waals surface area contributed by atoms with Gasteiger partial charge in [-0.25, -0.2) is 8.42 Å². The molecule has 0 aromatic heterocycles. The normalized spacial score (nSPS) is 10.9. The van der Waals surface area contributed by atoms with Crippen molar-refractivity contribution >= 4 is 21.6 Å². The van der Waals surface area contributed by atoms with Gasteiger partial charge < -0.3 is 19.5 Å². The second-order valence-corrected chi connectivity index (χ2v) is 8.78. The molecule has 3 aromatic carbocycles. The van der Waals surface area contributed by atoms with Crippen LogP contribution in [0.4, 0.5) is 5.69 Å². The molecule has 0 aliphatic heterocycles. The second-order valence-electron chi connectivity index (χ2n) is 7.10. The van der Waals surface area contributed by atoms with Crippen molar-refractivity contribution in [3.63, 3.8) is 0 Å². The predicted molar refractivity (Wildman–Crippen MR) is 130 cm³/mol. The molecule has 0 unspecified atom stereocenters. The van der Waals surface area contributed by atoms with Gasteiger partial charge >= 0.3 is 0 Å². The number of carbonyl (C=O) groups is 1. The molecule has 0 saturated heterocycles. The van der Waals surface area contributed by atoms with Gasteiger partial charge in [-0.1, -0.05) is 6.07 Å². The highest BCUT2D eigenvalue weighted by Crippen LogP contribution is 2.20. The Morgan fingerprint density at radius 2 is 1.35 bits per heavy atom. The fourth-order valence-electron chi connectivity index (χ4n) is 3.04. The van der Waals surface area contributed by atoms with Crippen LogP contribution in [0.2, 0.25) is 0 Å². The van der Waals surface area contributed by atoms with Crippen molar-refractivity contribution in [2.24, 2.45) is 0 Å². The number of amides is 1. The van der Waals surface area contributed by atoms with E-state index in [1.807, 2.05) is 26.0 Å². The molecule has 0 atom stereocenters. The molecule has 2 N–H and O–H groups in total. The van der Waals surface area contributed by atoms with Gasteiger partial charge in [-0.05, 0) is 80.6 Å². The molecule has 1 amide bonds. The van der Waals surface area contributed by atoms with E-state index in [0.717, 1.165) is 5.75 Å². The Hall–Kier alpha value is -3.72. The zero-order chi connectivity index (χ0) is 24.4. The van der Waals surface area contributed by atoms with E-state index in [2.05, 4.69) is 10.0 Å². The summed E-state index contributed by atoms with van der Waals surface area (Å²) in [6, 6.07) is 19.6. The van der Waals surface area contributed by atoms with Crippen LogP contribution < -0.4 is 24.2 Å². The Morgan fingerprint density at radius 3 is 1.94 bits per heavy atom. The van der Waals surface area contributed by atoms with E-state index in [-0.39, 0.29) is 23.6 Å². The van der Waals surface area contributed by atoms with Crippen molar-refractivity contribution in [3.8, 4) is 17.2 Å². The van der Waals surface area contributed by atoms with Gasteiger partial charge in [0, 0.05) is 11.3 Å². The largest absolute Gasteiger partial charge is 0.494 e. The zero-order valence-corrected chi connectivity index (χ0v) is 19.9. The molecule has 3 rings (SSSR count). The first kappa shape index (κ1) is 24.9. The van der Waals surface area contributed by atoms with E-state index in [9.17, 15) is 13.2 Å². The third-order valence-corrected chi connectivity index (χ3v) is 5.99. The fourth-order valence-corrected chi connectivity index (χ4v) is 4.14. The zero-order valence-electron chi connectivity index (χ0n) is 19.1. The minimum absolute atomic E-state index is 0.0142. The summed E-state index contributed by atoms with van der Waals surface area (Å²) in [5.41, 5.74) is 0.625. The summed E-state index contributed by atoms with van der Waals surface area (Å²) in [5, 5.41) is 2.73. The van der Waals surface area contributed by atoms with Crippen LogP contribution >= 0.6 is 0 Å². The number of hydrogen-bond acceptors (Lipinski definition) is 6. The first-order valence-corrected chi connectivity index (χ1v) is 12.4. The number of carbonyl (C=O) groups excluding carboxylic acids is 1. The van der Waals surface area contributed by atoms with Gasteiger partial charge in [0.25, 0.3) is 15.9 Å². The van der Waals surface area contributed by atoms with E-state index < -0.39 is 15.9 Å². The van der Waals surface area contributed by atoms with Crippen LogP contribution in [0, 0.1) is 0 Å². The van der Waals surface area contributed by atoms with E-state index in [4.69, 9.17) is 14.2 Å². The number of benzene rings is 3. The molecule has 9 heteroatoms. The number of anilines is 1. The summed E-state index contributed by atoms with van der Waals surface area (Å²) < 4.78 is 44.4. The van der Waals surface area contributed by atoms with Crippen molar-refractivity contribution in [3.05, 3.63) is 78.4 Å². The van der Waals surface area contributed by atoms with Gasteiger partial charge in [0.05, 0.1) is 24.7 Å². The lowest BCUT2D eigenvalue weighted by Gasteiger charge is -2.11. The Bertz CT molecular complexity index is 1180. The van der Waals surface area contributed by atoms with Crippen LogP contribution in [-0.4, -0.2) is 40.7 Å². The standard InChI is InChI=1S/C25H28N2O6S/c1-3-31-21-10-8-20(9-11-21)27-34(29,30)24-7-5-6-19(18-24)25(28)26-16-17-33-23-14-12-22(13-15-23)32-4-2/h5-15,18,27H,3-4,16-17H2,1-2H3,(H,26,28). The minimum atomic E-state index is -3.87. The summed E-state index contributed by atoms with van der Waals surface area (Å²) in [5.74, 6) is 1.67. The maximum Gasteiger partial charge on any atom is 0.261 e. The van der Waals surface area contributed by atoms with Gasteiger partial charge in [0.1, 0.15) is 23.9 Å². The lowest BCUT2D eigenvalue weighted by molar-refractivity contribution is 0.0946. The highest BCUT2D eigenvalue weighted by Gasteiger charge is 2.16. The summed E-state index contributed by atoms with van der Waals surface area (Å²) in [6.45, 7) is 5.41. The van der Waals surface area contributed by atoms with Gasteiger partial charge in [0.15, 0.2) is 0 Å². The lowest BCUT2D eigenvalue weighted by Crippen LogP contribution is -2.28. The fraction of sp³-hybridized carbons (Fsp3) is 0.240. The van der Waals surface area contributed by atoms with Crippen LogP contribution in [0.15, 0.2) is 77.7 Å². The molecular formula is C25H28N2O6S. The smallest absolute Gasteiger partial charge is 0.261 e. The van der Waals surface area contributed by atoms with Gasteiger partial charge in [-0.15, -0.1) is 0 Å². The summed E-state index contributed by atoms with van der Waals surface area (Å²) >= 11 is 0. The van der Waals surface area contributed by atoms with Crippen molar-refractivity contribution < 1.29 is 27.4 Å². The van der Waals surface area contributed by atoms with Crippen LogP contribution in [0.1, 0.15) is 24.2 Å². The molecule has 180 valence electrons. The van der Waals surface area contributed by atoms with E-state index >= 15 is 0 Å². The number of nitrogens with one attached hydrogen (secondary N) is 2. The maximum absolute atomic E-state index is 12.8. The number of hydrogen-bond donors (Lipinski definition) is 2. The van der Waals surface area contributed by atoms with Crippen LogP contribution in [0.3, 0.4) is 0 Å². The summed E-state index contributed by atoms with van der Waals surface area (Å²) in [6.07, 6.45) is 0. The van der Waals surface area contributed by atoms with Crippen LogP contribution in [0.25, 0.3) is 0 Å².